The molecular formula is C33H34ClF4NO3. The first-order chi connectivity index (χ1) is 19.7. The Kier molecular flexibility index (Phi) is 10.00. The van der Waals surface area contributed by atoms with E-state index in [4.69, 9.17) is 4.74 Å². The number of benzene rings is 3. The summed E-state index contributed by atoms with van der Waals surface area (Å²) >= 11 is 0. The minimum absolute atomic E-state index is 0. The minimum atomic E-state index is -4.49. The first-order valence-corrected chi connectivity index (χ1v) is 13.9. The molecule has 224 valence electrons. The van der Waals surface area contributed by atoms with Gasteiger partial charge in [0.1, 0.15) is 5.75 Å². The molecule has 1 N–H and O–H groups in total. The molecule has 1 aliphatic heterocycles. The lowest BCUT2D eigenvalue weighted by molar-refractivity contribution is -0.137. The smallest absolute Gasteiger partial charge is 0.416 e. The van der Waals surface area contributed by atoms with E-state index in [0.717, 1.165) is 66.0 Å². The molecule has 0 amide bonds. The molecule has 5 rings (SSSR count). The van der Waals surface area contributed by atoms with Crippen molar-refractivity contribution in [1.82, 2.24) is 4.90 Å². The molecule has 3 aromatic rings. The van der Waals surface area contributed by atoms with Gasteiger partial charge in [-0.05, 0) is 95.7 Å². The van der Waals surface area contributed by atoms with Gasteiger partial charge in [0.2, 0.25) is 0 Å². The van der Waals surface area contributed by atoms with E-state index in [1.165, 1.54) is 18.7 Å². The third-order valence-corrected chi connectivity index (χ3v) is 8.06. The molecule has 4 nitrogen and oxygen atoms in total. The number of ether oxygens (including phenoxy) is 1. The number of carboxylic acids is 1. The number of methoxy groups -OCH3 is 1. The van der Waals surface area contributed by atoms with E-state index < -0.39 is 17.7 Å². The van der Waals surface area contributed by atoms with Gasteiger partial charge < -0.3 is 14.7 Å². The second kappa shape index (κ2) is 13.3. The molecule has 0 aromatic heterocycles. The number of alkyl halides is 4. The Hall–Kier alpha value is -3.36. The Morgan fingerprint density at radius 3 is 2.36 bits per heavy atom. The first kappa shape index (κ1) is 31.6. The Balaban J connectivity index is 0.00000405. The van der Waals surface area contributed by atoms with Crippen LogP contribution >= 0.6 is 12.4 Å². The van der Waals surface area contributed by atoms with Gasteiger partial charge in [-0.2, -0.15) is 13.2 Å². The summed E-state index contributed by atoms with van der Waals surface area (Å²) < 4.78 is 58.4. The summed E-state index contributed by atoms with van der Waals surface area (Å²) in [5, 5.41) is 9.58. The fraction of sp³-hybridized carbons (Fsp3) is 0.364. The maximum Gasteiger partial charge on any atom is 0.416 e. The summed E-state index contributed by atoms with van der Waals surface area (Å²) in [7, 11) is 1.37. The van der Waals surface area contributed by atoms with Crippen molar-refractivity contribution in [2.75, 3.05) is 33.4 Å². The number of rotatable bonds is 9. The maximum atomic E-state index is 13.5. The summed E-state index contributed by atoms with van der Waals surface area (Å²) in [5.74, 6) is -0.327. The molecule has 0 unspecified atom stereocenters. The number of fused-ring (bicyclic) bond motifs is 1. The lowest BCUT2D eigenvalue weighted by atomic mass is 9.85. The number of carbonyl (C=O) groups is 1. The van der Waals surface area contributed by atoms with Crippen molar-refractivity contribution in [3.63, 3.8) is 0 Å². The van der Waals surface area contributed by atoms with Crippen molar-refractivity contribution in [3.05, 3.63) is 99.6 Å². The molecule has 0 bridgehead atoms. The second-order valence-electron chi connectivity index (χ2n) is 10.9. The fourth-order valence-electron chi connectivity index (χ4n) is 6.05. The monoisotopic (exact) mass is 603 g/mol. The number of likely N-dealkylation sites (tertiary alicyclic amines) is 1. The van der Waals surface area contributed by atoms with E-state index in [0.29, 0.717) is 37.2 Å². The Labute approximate surface area is 249 Å². The summed E-state index contributed by atoms with van der Waals surface area (Å²) in [4.78, 5) is 14.0. The average molecular weight is 604 g/mol. The molecule has 1 fully saturated rings. The molecule has 1 aliphatic carbocycles. The molecule has 0 spiro atoms. The van der Waals surface area contributed by atoms with Crippen LogP contribution in [0.5, 0.6) is 5.75 Å². The molecule has 0 saturated carbocycles. The molecule has 9 heteroatoms. The molecule has 2 aliphatic rings. The van der Waals surface area contributed by atoms with Gasteiger partial charge >= 0.3 is 12.1 Å². The highest BCUT2D eigenvalue weighted by molar-refractivity contribution is 6.01. The third-order valence-electron chi connectivity index (χ3n) is 8.06. The normalized spacial score (nSPS) is 15.8. The highest BCUT2D eigenvalue weighted by Crippen LogP contribution is 2.44. The van der Waals surface area contributed by atoms with Crippen LogP contribution in [0.25, 0.3) is 11.1 Å². The van der Waals surface area contributed by atoms with Crippen molar-refractivity contribution < 1.29 is 32.2 Å². The van der Waals surface area contributed by atoms with E-state index in [1.54, 1.807) is 12.1 Å². The quantitative estimate of drug-likeness (QED) is 0.252. The van der Waals surface area contributed by atoms with Crippen molar-refractivity contribution in [1.29, 1.82) is 0 Å². The Morgan fingerprint density at radius 1 is 1.00 bits per heavy atom. The van der Waals surface area contributed by atoms with Gasteiger partial charge in [0, 0.05) is 25.2 Å². The van der Waals surface area contributed by atoms with Gasteiger partial charge in [0.15, 0.2) is 0 Å². The van der Waals surface area contributed by atoms with E-state index in [1.807, 2.05) is 18.2 Å². The minimum Gasteiger partial charge on any atom is -0.496 e. The zero-order valence-corrected chi connectivity index (χ0v) is 24.2. The standard InChI is InChI=1S/C33H33F4NO3.ClH/c1-41-30-18-26(33(35,36)37)11-13-28(30)29-5-2-4-24-17-25(32(39)40)10-12-27(24)31(29)23-8-6-21(7-9-23)16-22-19-38(20-22)15-3-14-34;/h6-13,17-18,22H,2-5,14-16,19-20H2,1H3,(H,39,40);1H. The van der Waals surface area contributed by atoms with Gasteiger partial charge in [-0.1, -0.05) is 36.4 Å². The van der Waals surface area contributed by atoms with Crippen molar-refractivity contribution in [2.24, 2.45) is 5.92 Å². The average Bonchev–Trinajstić information content (AvgIpc) is 3.12. The summed E-state index contributed by atoms with van der Waals surface area (Å²) in [5.41, 5.74) is 5.64. The highest BCUT2D eigenvalue weighted by atomic mass is 35.5. The molecule has 0 radical (unpaired) electrons. The number of aryl methyl sites for hydroxylation is 1. The van der Waals surface area contributed by atoms with Crippen LogP contribution in [0.4, 0.5) is 17.6 Å². The first-order valence-electron chi connectivity index (χ1n) is 13.9. The molecular weight excluding hydrogens is 570 g/mol. The zero-order chi connectivity index (χ0) is 29.1. The summed E-state index contributed by atoms with van der Waals surface area (Å²) in [6, 6.07) is 16.9. The predicted molar refractivity (Wildman–Crippen MR) is 158 cm³/mol. The zero-order valence-electron chi connectivity index (χ0n) is 23.3. The molecule has 0 atom stereocenters. The van der Waals surface area contributed by atoms with Crippen LogP contribution < -0.4 is 4.74 Å². The van der Waals surface area contributed by atoms with Gasteiger partial charge in [0.05, 0.1) is 24.9 Å². The largest absolute Gasteiger partial charge is 0.496 e. The third kappa shape index (κ3) is 6.81. The Morgan fingerprint density at radius 2 is 1.71 bits per heavy atom. The van der Waals surface area contributed by atoms with Crippen LogP contribution in [0.1, 0.15) is 63.0 Å². The van der Waals surface area contributed by atoms with Crippen LogP contribution in [0.15, 0.2) is 60.7 Å². The summed E-state index contributed by atoms with van der Waals surface area (Å²) in [6.07, 6.45) is -1.07. The Bertz CT molecular complexity index is 1450. The van der Waals surface area contributed by atoms with E-state index in [9.17, 15) is 27.5 Å². The van der Waals surface area contributed by atoms with E-state index in [-0.39, 0.29) is 30.4 Å². The number of halogens is 5. The van der Waals surface area contributed by atoms with E-state index >= 15 is 0 Å². The number of hydrogen-bond donors (Lipinski definition) is 1. The number of hydrogen-bond acceptors (Lipinski definition) is 3. The lowest BCUT2D eigenvalue weighted by Gasteiger charge is -2.39. The molecule has 1 heterocycles. The van der Waals surface area contributed by atoms with Gasteiger partial charge in [-0.15, -0.1) is 12.4 Å². The van der Waals surface area contributed by atoms with Crippen LogP contribution in [0.2, 0.25) is 0 Å². The topological polar surface area (TPSA) is 49.8 Å². The summed E-state index contributed by atoms with van der Waals surface area (Å²) in [6.45, 7) is 2.42. The van der Waals surface area contributed by atoms with E-state index in [2.05, 4.69) is 17.0 Å². The van der Waals surface area contributed by atoms with Crippen LogP contribution in [-0.2, 0) is 19.0 Å². The molecule has 1 saturated heterocycles. The SMILES string of the molecule is COc1cc(C(F)(F)F)ccc1C1=C(c2ccc(CC3CN(CCCF)C3)cc2)c2ccc(C(=O)O)cc2CCC1.Cl. The van der Waals surface area contributed by atoms with Crippen LogP contribution in [0, 0.1) is 5.92 Å². The fourth-order valence-corrected chi connectivity index (χ4v) is 6.05. The van der Waals surface area contributed by atoms with Crippen molar-refractivity contribution in [2.45, 2.75) is 38.3 Å². The van der Waals surface area contributed by atoms with Gasteiger partial charge in [-0.3, -0.25) is 4.39 Å². The number of allylic oxidation sites excluding steroid dienone is 1. The number of nitrogens with zero attached hydrogens (tertiary/aromatic N) is 1. The molecule has 3 aromatic carbocycles. The molecule has 42 heavy (non-hydrogen) atoms. The van der Waals surface area contributed by atoms with Crippen molar-refractivity contribution in [3.8, 4) is 5.75 Å². The maximum absolute atomic E-state index is 13.5. The predicted octanol–water partition coefficient (Wildman–Crippen LogP) is 7.96. The van der Waals surface area contributed by atoms with Crippen LogP contribution in [-0.4, -0.2) is 49.4 Å². The lowest BCUT2D eigenvalue weighted by Crippen LogP contribution is -2.47. The van der Waals surface area contributed by atoms with Crippen molar-refractivity contribution >= 4 is 29.5 Å². The highest BCUT2D eigenvalue weighted by Gasteiger charge is 2.32. The number of aromatic carboxylic acids is 1. The van der Waals surface area contributed by atoms with Crippen LogP contribution in [0.3, 0.4) is 0 Å². The second-order valence-corrected chi connectivity index (χ2v) is 10.9. The van der Waals surface area contributed by atoms with Gasteiger partial charge in [-0.25, -0.2) is 4.79 Å². The van der Waals surface area contributed by atoms with Gasteiger partial charge in [0.25, 0.3) is 0 Å². The number of carboxylic acid groups (broad SMARTS) is 1.